The van der Waals surface area contributed by atoms with Gasteiger partial charge in [0.15, 0.2) is 0 Å². The molecule has 0 aliphatic carbocycles. The third-order valence-electron chi connectivity index (χ3n) is 3.86. The summed E-state index contributed by atoms with van der Waals surface area (Å²) < 4.78 is 0. The number of rotatable bonds is 6. The fourth-order valence-electron chi connectivity index (χ4n) is 2.63. The number of carbonyl (C=O) groups is 1. The summed E-state index contributed by atoms with van der Waals surface area (Å²) in [6.45, 7) is 12.1. The third kappa shape index (κ3) is 5.25. The molecule has 1 unspecified atom stereocenters. The number of thiazole rings is 1. The van der Waals surface area contributed by atoms with Crippen LogP contribution in [0.15, 0.2) is 5.38 Å². The standard InChI is InChI=1S/C16H28N4OS/c1-11(2)14-10-22-15(19-14)9-20-6-5-13(8-20)7-17-16(21)18-12(3)4/h10-13H,5-9H2,1-4H3,(H2,17,18,21). The van der Waals surface area contributed by atoms with Crippen molar-refractivity contribution in [1.82, 2.24) is 20.5 Å². The van der Waals surface area contributed by atoms with Gasteiger partial charge in [0.1, 0.15) is 5.01 Å². The van der Waals surface area contributed by atoms with Crippen molar-refractivity contribution in [2.24, 2.45) is 5.92 Å². The molecule has 2 heterocycles. The Labute approximate surface area is 137 Å². The molecule has 1 aliphatic rings. The second-order valence-corrected chi connectivity index (χ2v) is 7.66. The van der Waals surface area contributed by atoms with Crippen molar-refractivity contribution in [1.29, 1.82) is 0 Å². The minimum atomic E-state index is -0.0602. The maximum absolute atomic E-state index is 11.6. The van der Waals surface area contributed by atoms with Crippen molar-refractivity contribution in [3.8, 4) is 0 Å². The molecule has 0 bridgehead atoms. The quantitative estimate of drug-likeness (QED) is 0.846. The van der Waals surface area contributed by atoms with Crippen LogP contribution in [0.1, 0.15) is 50.7 Å². The molecule has 22 heavy (non-hydrogen) atoms. The summed E-state index contributed by atoms with van der Waals surface area (Å²) in [5.41, 5.74) is 1.20. The molecule has 1 aromatic heterocycles. The van der Waals surface area contributed by atoms with Gasteiger partial charge in [0, 0.05) is 24.5 Å². The highest BCUT2D eigenvalue weighted by Gasteiger charge is 2.23. The molecule has 6 heteroatoms. The summed E-state index contributed by atoms with van der Waals surface area (Å²) in [5.74, 6) is 1.04. The van der Waals surface area contributed by atoms with E-state index < -0.39 is 0 Å². The SMILES string of the molecule is CC(C)NC(=O)NCC1CCN(Cc2nc(C(C)C)cs2)C1. The maximum atomic E-state index is 11.6. The van der Waals surface area contributed by atoms with Crippen molar-refractivity contribution in [3.05, 3.63) is 16.1 Å². The lowest BCUT2D eigenvalue weighted by atomic mass is 10.1. The molecule has 0 spiro atoms. The topological polar surface area (TPSA) is 57.3 Å². The lowest BCUT2D eigenvalue weighted by Gasteiger charge is -2.15. The minimum Gasteiger partial charge on any atom is -0.338 e. The Morgan fingerprint density at radius 2 is 2.23 bits per heavy atom. The van der Waals surface area contributed by atoms with E-state index in [2.05, 4.69) is 34.8 Å². The molecule has 1 fully saturated rings. The van der Waals surface area contributed by atoms with Gasteiger partial charge in [0.05, 0.1) is 12.2 Å². The molecule has 2 N–H and O–H groups in total. The van der Waals surface area contributed by atoms with Gasteiger partial charge in [-0.25, -0.2) is 9.78 Å². The van der Waals surface area contributed by atoms with Crippen LogP contribution in [0, 0.1) is 5.92 Å². The lowest BCUT2D eigenvalue weighted by Crippen LogP contribution is -2.41. The Morgan fingerprint density at radius 3 is 2.86 bits per heavy atom. The predicted octanol–water partition coefficient (Wildman–Crippen LogP) is 2.80. The third-order valence-corrected chi connectivity index (χ3v) is 4.71. The van der Waals surface area contributed by atoms with E-state index in [0.29, 0.717) is 11.8 Å². The Bertz CT molecular complexity index is 486. The molecule has 1 aromatic rings. The van der Waals surface area contributed by atoms with Crippen LogP contribution in [-0.2, 0) is 6.54 Å². The number of hydrogen-bond acceptors (Lipinski definition) is 4. The van der Waals surface area contributed by atoms with Gasteiger partial charge in [0.25, 0.3) is 0 Å². The van der Waals surface area contributed by atoms with Crippen molar-refractivity contribution in [3.63, 3.8) is 0 Å². The molecule has 1 saturated heterocycles. The van der Waals surface area contributed by atoms with Crippen molar-refractivity contribution in [2.75, 3.05) is 19.6 Å². The van der Waals surface area contributed by atoms with Gasteiger partial charge < -0.3 is 10.6 Å². The van der Waals surface area contributed by atoms with Gasteiger partial charge in [-0.15, -0.1) is 11.3 Å². The van der Waals surface area contributed by atoms with Gasteiger partial charge in [-0.3, -0.25) is 4.90 Å². The molecule has 0 aromatic carbocycles. The highest BCUT2D eigenvalue weighted by molar-refractivity contribution is 7.09. The number of aromatic nitrogens is 1. The monoisotopic (exact) mass is 324 g/mol. The first-order valence-corrected chi connectivity index (χ1v) is 9.03. The van der Waals surface area contributed by atoms with Gasteiger partial charge in [0.2, 0.25) is 0 Å². The number of amides is 2. The van der Waals surface area contributed by atoms with Crippen LogP contribution in [0.25, 0.3) is 0 Å². The Kier molecular flexibility index (Phi) is 6.20. The van der Waals surface area contributed by atoms with E-state index in [1.807, 2.05) is 13.8 Å². The maximum Gasteiger partial charge on any atom is 0.314 e. The number of carbonyl (C=O) groups excluding carboxylic acids is 1. The number of nitrogens with one attached hydrogen (secondary N) is 2. The molecule has 2 rings (SSSR count). The zero-order valence-corrected chi connectivity index (χ0v) is 14.9. The fourth-order valence-corrected chi connectivity index (χ4v) is 3.62. The Hall–Kier alpha value is -1.14. The minimum absolute atomic E-state index is 0.0602. The van der Waals surface area contributed by atoms with Crippen molar-refractivity contribution in [2.45, 2.75) is 52.6 Å². The molecule has 0 saturated carbocycles. The molecule has 5 nitrogen and oxygen atoms in total. The van der Waals surface area contributed by atoms with Crippen LogP contribution in [-0.4, -0.2) is 41.6 Å². The summed E-state index contributed by atoms with van der Waals surface area (Å²) >= 11 is 1.76. The fraction of sp³-hybridized carbons (Fsp3) is 0.750. The molecule has 1 aliphatic heterocycles. The summed E-state index contributed by atoms with van der Waals surface area (Å²) in [6, 6.07) is 0.120. The normalized spacial score (nSPS) is 19.1. The largest absolute Gasteiger partial charge is 0.338 e. The van der Waals surface area contributed by atoms with E-state index in [9.17, 15) is 4.79 Å². The second-order valence-electron chi connectivity index (χ2n) is 6.72. The highest BCUT2D eigenvalue weighted by atomic mass is 32.1. The lowest BCUT2D eigenvalue weighted by molar-refractivity contribution is 0.236. The number of urea groups is 1. The van der Waals surface area contributed by atoms with E-state index in [1.54, 1.807) is 11.3 Å². The molecular formula is C16H28N4OS. The van der Waals surface area contributed by atoms with Gasteiger partial charge in [-0.05, 0) is 38.6 Å². The zero-order chi connectivity index (χ0) is 16.1. The highest BCUT2D eigenvalue weighted by Crippen LogP contribution is 2.22. The van der Waals surface area contributed by atoms with Crippen LogP contribution in [0.2, 0.25) is 0 Å². The first kappa shape index (κ1) is 17.2. The smallest absolute Gasteiger partial charge is 0.314 e. The summed E-state index contributed by atoms with van der Waals surface area (Å²) in [6.07, 6.45) is 1.14. The predicted molar refractivity (Wildman–Crippen MR) is 91.3 cm³/mol. The second kappa shape index (κ2) is 7.92. The van der Waals surface area contributed by atoms with Crippen LogP contribution < -0.4 is 10.6 Å². The van der Waals surface area contributed by atoms with E-state index in [-0.39, 0.29) is 12.1 Å². The number of likely N-dealkylation sites (tertiary alicyclic amines) is 1. The average molecular weight is 324 g/mol. The van der Waals surface area contributed by atoms with Crippen molar-refractivity contribution >= 4 is 17.4 Å². The van der Waals surface area contributed by atoms with Crippen LogP contribution in [0.3, 0.4) is 0 Å². The van der Waals surface area contributed by atoms with Gasteiger partial charge in [-0.2, -0.15) is 0 Å². The molecule has 0 radical (unpaired) electrons. The van der Waals surface area contributed by atoms with E-state index in [1.165, 1.54) is 10.7 Å². The summed E-state index contributed by atoms with van der Waals surface area (Å²) in [5, 5.41) is 9.20. The average Bonchev–Trinajstić information content (AvgIpc) is 3.05. The molecular weight excluding hydrogens is 296 g/mol. The van der Waals surface area contributed by atoms with Gasteiger partial charge in [-0.1, -0.05) is 13.8 Å². The van der Waals surface area contributed by atoms with Crippen LogP contribution in [0.5, 0.6) is 0 Å². The molecule has 2 amide bonds. The molecule has 124 valence electrons. The first-order chi connectivity index (χ1) is 10.4. The van der Waals surface area contributed by atoms with Crippen LogP contribution >= 0.6 is 11.3 Å². The van der Waals surface area contributed by atoms with E-state index in [4.69, 9.17) is 4.98 Å². The zero-order valence-electron chi connectivity index (χ0n) is 14.1. The van der Waals surface area contributed by atoms with Crippen LogP contribution in [0.4, 0.5) is 4.79 Å². The summed E-state index contributed by atoms with van der Waals surface area (Å²) in [7, 11) is 0. The van der Waals surface area contributed by atoms with E-state index >= 15 is 0 Å². The summed E-state index contributed by atoms with van der Waals surface area (Å²) in [4.78, 5) is 18.7. The van der Waals surface area contributed by atoms with Crippen molar-refractivity contribution < 1.29 is 4.79 Å². The Balaban J connectivity index is 1.72. The number of nitrogens with zero attached hydrogens (tertiary/aromatic N) is 2. The first-order valence-electron chi connectivity index (χ1n) is 8.15. The van der Waals surface area contributed by atoms with Gasteiger partial charge >= 0.3 is 6.03 Å². The number of hydrogen-bond donors (Lipinski definition) is 2. The van der Waals surface area contributed by atoms with E-state index in [0.717, 1.165) is 32.6 Å². The molecule has 1 atom stereocenters. The Morgan fingerprint density at radius 1 is 1.45 bits per heavy atom.